The van der Waals surface area contributed by atoms with Gasteiger partial charge < -0.3 is 10.1 Å². The van der Waals surface area contributed by atoms with Crippen molar-refractivity contribution >= 4 is 0 Å². The second kappa shape index (κ2) is 8.04. The summed E-state index contributed by atoms with van der Waals surface area (Å²) in [6.45, 7) is 9.15. The number of rotatable bonds is 7. The minimum absolute atomic E-state index is 0.451. The second-order valence-electron chi connectivity index (χ2n) is 4.90. The molecule has 1 saturated heterocycles. The van der Waals surface area contributed by atoms with E-state index in [0.717, 1.165) is 19.6 Å². The zero-order valence-corrected chi connectivity index (χ0v) is 11.2. The molecule has 2 atom stereocenters. The lowest BCUT2D eigenvalue weighted by molar-refractivity contribution is 0.0176. The Hall–Kier alpha value is -0.120. The van der Waals surface area contributed by atoms with Crippen molar-refractivity contribution in [3.63, 3.8) is 0 Å². The predicted molar refractivity (Wildman–Crippen MR) is 68.8 cm³/mol. The molecule has 3 heteroatoms. The molecule has 0 spiro atoms. The number of piperidine rings is 1. The zero-order valence-electron chi connectivity index (χ0n) is 11.2. The van der Waals surface area contributed by atoms with Gasteiger partial charge >= 0.3 is 0 Å². The number of ether oxygens (including phenoxy) is 1. The quantitative estimate of drug-likeness (QED) is 0.673. The topological polar surface area (TPSA) is 24.5 Å². The molecule has 0 aromatic carbocycles. The van der Waals surface area contributed by atoms with Crippen LogP contribution >= 0.6 is 0 Å². The van der Waals surface area contributed by atoms with Gasteiger partial charge in [0.15, 0.2) is 0 Å². The summed E-state index contributed by atoms with van der Waals surface area (Å²) in [6, 6.07) is 0.634. The lowest BCUT2D eigenvalue weighted by atomic mass is 10.1. The highest BCUT2D eigenvalue weighted by molar-refractivity contribution is 4.78. The summed E-state index contributed by atoms with van der Waals surface area (Å²) in [5, 5.41) is 3.53. The van der Waals surface area contributed by atoms with E-state index in [1.54, 1.807) is 0 Å². The Balaban J connectivity index is 2.16. The van der Waals surface area contributed by atoms with E-state index in [2.05, 4.69) is 24.1 Å². The maximum absolute atomic E-state index is 5.45. The maximum atomic E-state index is 5.45. The number of unbranched alkanes of at least 4 members (excludes halogenated alkanes) is 1. The van der Waals surface area contributed by atoms with Crippen LogP contribution in [0.25, 0.3) is 0 Å². The van der Waals surface area contributed by atoms with E-state index in [1.165, 1.54) is 32.2 Å². The number of likely N-dealkylation sites (tertiary alicyclic amines) is 1. The molecule has 1 fully saturated rings. The summed E-state index contributed by atoms with van der Waals surface area (Å²) in [7, 11) is 1.83. The number of hydrogen-bond acceptors (Lipinski definition) is 3. The first-order valence-electron chi connectivity index (χ1n) is 6.75. The smallest absolute Gasteiger partial charge is 0.0698 e. The third-order valence-corrected chi connectivity index (χ3v) is 3.51. The van der Waals surface area contributed by atoms with Crippen LogP contribution in [0.2, 0.25) is 0 Å². The van der Waals surface area contributed by atoms with Crippen molar-refractivity contribution in [3.8, 4) is 0 Å². The fourth-order valence-corrected chi connectivity index (χ4v) is 2.30. The van der Waals surface area contributed by atoms with Crippen molar-refractivity contribution in [1.29, 1.82) is 0 Å². The van der Waals surface area contributed by atoms with Crippen molar-refractivity contribution in [1.82, 2.24) is 10.2 Å². The molecule has 16 heavy (non-hydrogen) atoms. The summed E-state index contributed by atoms with van der Waals surface area (Å²) in [4.78, 5) is 2.55. The molecule has 1 N–H and O–H groups in total. The van der Waals surface area contributed by atoms with Crippen LogP contribution in [-0.2, 0) is 4.74 Å². The van der Waals surface area contributed by atoms with Gasteiger partial charge in [-0.25, -0.2) is 0 Å². The summed E-state index contributed by atoms with van der Waals surface area (Å²) in [5.41, 5.74) is 0. The molecule has 0 amide bonds. The highest BCUT2D eigenvalue weighted by atomic mass is 16.5. The molecule has 2 unspecified atom stereocenters. The van der Waals surface area contributed by atoms with Crippen molar-refractivity contribution in [3.05, 3.63) is 0 Å². The molecule has 0 radical (unpaired) electrons. The monoisotopic (exact) mass is 228 g/mol. The average molecular weight is 228 g/mol. The van der Waals surface area contributed by atoms with Crippen molar-refractivity contribution < 1.29 is 4.74 Å². The lowest BCUT2D eigenvalue weighted by Crippen LogP contribution is -2.47. The van der Waals surface area contributed by atoms with Crippen molar-refractivity contribution in [2.24, 2.45) is 0 Å². The third kappa shape index (κ3) is 4.81. The van der Waals surface area contributed by atoms with E-state index in [4.69, 9.17) is 4.74 Å². The number of nitrogens with one attached hydrogen (secondary N) is 1. The molecule has 96 valence electrons. The molecule has 0 aromatic heterocycles. The van der Waals surface area contributed by atoms with Crippen LogP contribution < -0.4 is 5.32 Å². The van der Waals surface area contributed by atoms with Crippen LogP contribution in [0.4, 0.5) is 0 Å². The van der Waals surface area contributed by atoms with Gasteiger partial charge in [-0.05, 0) is 39.3 Å². The normalized spacial score (nSPS) is 24.6. The lowest BCUT2D eigenvalue weighted by Gasteiger charge is -2.36. The van der Waals surface area contributed by atoms with Crippen molar-refractivity contribution in [2.75, 3.05) is 33.3 Å². The van der Waals surface area contributed by atoms with Crippen molar-refractivity contribution in [2.45, 2.75) is 51.7 Å². The molecule has 0 bridgehead atoms. The Morgan fingerprint density at radius 2 is 2.31 bits per heavy atom. The van der Waals surface area contributed by atoms with Crippen LogP contribution in [0.3, 0.4) is 0 Å². The Kier molecular flexibility index (Phi) is 7.01. The molecule has 1 aliphatic heterocycles. The van der Waals surface area contributed by atoms with Gasteiger partial charge in [-0.15, -0.1) is 0 Å². The largest absolute Gasteiger partial charge is 0.380 e. The summed E-state index contributed by atoms with van der Waals surface area (Å²) in [6.07, 6.45) is 5.51. The van der Waals surface area contributed by atoms with Gasteiger partial charge in [0, 0.05) is 26.2 Å². The first kappa shape index (κ1) is 13.9. The molecule has 0 aliphatic carbocycles. The van der Waals surface area contributed by atoms with Crippen LogP contribution in [0.5, 0.6) is 0 Å². The van der Waals surface area contributed by atoms with Gasteiger partial charge in [-0.1, -0.05) is 13.3 Å². The minimum Gasteiger partial charge on any atom is -0.380 e. The first-order chi connectivity index (χ1) is 7.77. The Morgan fingerprint density at radius 1 is 1.50 bits per heavy atom. The van der Waals surface area contributed by atoms with E-state index >= 15 is 0 Å². The van der Waals surface area contributed by atoms with E-state index in [9.17, 15) is 0 Å². The molecule has 1 rings (SSSR count). The third-order valence-electron chi connectivity index (χ3n) is 3.51. The van der Waals surface area contributed by atoms with Crippen LogP contribution in [0.1, 0.15) is 39.5 Å². The van der Waals surface area contributed by atoms with Gasteiger partial charge in [-0.3, -0.25) is 4.90 Å². The van der Waals surface area contributed by atoms with E-state index in [1.807, 2.05) is 7.11 Å². The Labute approximate surface area is 101 Å². The summed E-state index contributed by atoms with van der Waals surface area (Å²) < 4.78 is 5.45. The highest BCUT2D eigenvalue weighted by Crippen LogP contribution is 2.14. The number of methoxy groups -OCH3 is 1. The molecule has 0 aromatic rings. The van der Waals surface area contributed by atoms with Gasteiger partial charge in [0.05, 0.1) is 6.10 Å². The second-order valence-corrected chi connectivity index (χ2v) is 4.90. The van der Waals surface area contributed by atoms with E-state index in [-0.39, 0.29) is 0 Å². The summed E-state index contributed by atoms with van der Waals surface area (Å²) in [5.74, 6) is 0. The Bertz CT molecular complexity index is 175. The van der Waals surface area contributed by atoms with Gasteiger partial charge in [0.2, 0.25) is 0 Å². The van der Waals surface area contributed by atoms with Gasteiger partial charge in [0.25, 0.3) is 0 Å². The van der Waals surface area contributed by atoms with Gasteiger partial charge in [-0.2, -0.15) is 0 Å². The number of nitrogens with zero attached hydrogens (tertiary/aromatic N) is 1. The number of hydrogen-bond donors (Lipinski definition) is 1. The fraction of sp³-hybridized carbons (Fsp3) is 1.00. The molecular formula is C13H28N2O. The predicted octanol–water partition coefficient (Wildman–Crippen LogP) is 1.88. The molecular weight excluding hydrogens is 200 g/mol. The molecule has 1 aliphatic rings. The molecule has 1 heterocycles. The standard InChI is InChI=1S/C13H28N2O/c1-4-5-8-14-10-12(2)15-9-6-7-13(11-15)16-3/h12-14H,4-11H2,1-3H3. The van der Waals surface area contributed by atoms with Gasteiger partial charge in [0.1, 0.15) is 0 Å². The molecule has 0 saturated carbocycles. The van der Waals surface area contributed by atoms with E-state index < -0.39 is 0 Å². The van der Waals surface area contributed by atoms with Crippen LogP contribution in [0, 0.1) is 0 Å². The minimum atomic E-state index is 0.451. The Morgan fingerprint density at radius 3 is 3.00 bits per heavy atom. The molecule has 3 nitrogen and oxygen atoms in total. The van der Waals surface area contributed by atoms with Crippen LogP contribution in [0.15, 0.2) is 0 Å². The zero-order chi connectivity index (χ0) is 11.8. The fourth-order valence-electron chi connectivity index (χ4n) is 2.30. The first-order valence-corrected chi connectivity index (χ1v) is 6.75. The highest BCUT2D eigenvalue weighted by Gasteiger charge is 2.22. The van der Waals surface area contributed by atoms with E-state index in [0.29, 0.717) is 12.1 Å². The average Bonchev–Trinajstić information content (AvgIpc) is 2.34. The van der Waals surface area contributed by atoms with Crippen LogP contribution in [-0.4, -0.2) is 50.3 Å². The SMILES string of the molecule is CCCCNCC(C)N1CCCC(OC)C1. The summed E-state index contributed by atoms with van der Waals surface area (Å²) >= 11 is 0. The maximum Gasteiger partial charge on any atom is 0.0698 e.